The van der Waals surface area contributed by atoms with Crippen LogP contribution in [0.2, 0.25) is 0 Å². The van der Waals surface area contributed by atoms with Crippen molar-refractivity contribution < 1.29 is 5.11 Å². The second-order valence-corrected chi connectivity index (χ2v) is 6.69. The summed E-state index contributed by atoms with van der Waals surface area (Å²) >= 11 is 0. The zero-order valence-electron chi connectivity index (χ0n) is 14.6. The summed E-state index contributed by atoms with van der Waals surface area (Å²) in [4.78, 5) is 7.01. The van der Waals surface area contributed by atoms with E-state index in [1.807, 2.05) is 25.1 Å². The van der Waals surface area contributed by atoms with Crippen molar-refractivity contribution in [1.82, 2.24) is 10.3 Å². The van der Waals surface area contributed by atoms with E-state index in [0.717, 1.165) is 43.0 Å². The van der Waals surface area contributed by atoms with E-state index in [1.165, 1.54) is 5.56 Å². The summed E-state index contributed by atoms with van der Waals surface area (Å²) in [6.07, 6.45) is 2.25. The minimum absolute atomic E-state index is 0.0996. The average molecular weight is 325 g/mol. The molecule has 1 saturated heterocycles. The number of benzene rings is 1. The van der Waals surface area contributed by atoms with E-state index in [-0.39, 0.29) is 6.61 Å². The Bertz CT molecular complexity index is 665. The number of anilines is 1. The Balaban J connectivity index is 1.55. The molecule has 0 bridgehead atoms. The van der Waals surface area contributed by atoms with Crippen LogP contribution in [0.4, 0.5) is 5.82 Å². The van der Waals surface area contributed by atoms with E-state index in [4.69, 9.17) is 0 Å². The molecule has 0 amide bonds. The second-order valence-electron chi connectivity index (χ2n) is 6.69. The second kappa shape index (κ2) is 7.77. The highest BCUT2D eigenvalue weighted by Gasteiger charge is 2.21. The first kappa shape index (κ1) is 16.9. The number of aromatic nitrogens is 1. The number of hydrogen-bond donors (Lipinski definition) is 2. The van der Waals surface area contributed by atoms with Crippen LogP contribution in [0, 0.1) is 6.92 Å². The molecule has 4 heteroatoms. The zero-order chi connectivity index (χ0) is 16.9. The number of nitrogens with one attached hydrogen (secondary N) is 1. The van der Waals surface area contributed by atoms with Crippen LogP contribution in [0.1, 0.15) is 42.6 Å². The van der Waals surface area contributed by atoms with Gasteiger partial charge in [-0.2, -0.15) is 0 Å². The Labute approximate surface area is 144 Å². The van der Waals surface area contributed by atoms with Gasteiger partial charge in [0, 0.05) is 30.9 Å². The minimum atomic E-state index is 0.0996. The van der Waals surface area contributed by atoms with Crippen molar-refractivity contribution in [2.24, 2.45) is 0 Å². The molecule has 1 aliphatic rings. The van der Waals surface area contributed by atoms with Gasteiger partial charge < -0.3 is 15.3 Å². The summed E-state index contributed by atoms with van der Waals surface area (Å²) in [7, 11) is 0. The highest BCUT2D eigenvalue weighted by Crippen LogP contribution is 2.21. The average Bonchev–Trinajstić information content (AvgIpc) is 2.62. The van der Waals surface area contributed by atoms with Gasteiger partial charge in [0.1, 0.15) is 5.82 Å². The molecule has 24 heavy (non-hydrogen) atoms. The fourth-order valence-electron chi connectivity index (χ4n) is 3.39. The Morgan fingerprint density at radius 3 is 2.67 bits per heavy atom. The molecule has 2 aromatic rings. The normalized spacial score (nSPS) is 17.0. The van der Waals surface area contributed by atoms with Crippen molar-refractivity contribution in [1.29, 1.82) is 0 Å². The lowest BCUT2D eigenvalue weighted by atomic mass is 10.0. The molecule has 0 spiro atoms. The summed E-state index contributed by atoms with van der Waals surface area (Å²) in [5.74, 6) is 1.09. The van der Waals surface area contributed by atoms with E-state index >= 15 is 0 Å². The largest absolute Gasteiger partial charge is 0.392 e. The van der Waals surface area contributed by atoms with Gasteiger partial charge in [-0.1, -0.05) is 30.3 Å². The first-order chi connectivity index (χ1) is 11.7. The maximum absolute atomic E-state index is 9.29. The molecule has 0 radical (unpaired) electrons. The van der Waals surface area contributed by atoms with Crippen molar-refractivity contribution in [3.63, 3.8) is 0 Å². The lowest BCUT2D eigenvalue weighted by Crippen LogP contribution is -2.43. The summed E-state index contributed by atoms with van der Waals surface area (Å²) in [5.41, 5.74) is 3.29. The SMILES string of the molecule is Cc1cccc(N2CCC(NC(C)c3cccc(CO)c3)CC2)n1. The number of aliphatic hydroxyl groups excluding tert-OH is 1. The quantitative estimate of drug-likeness (QED) is 0.886. The number of rotatable bonds is 5. The molecule has 3 rings (SSSR count). The third kappa shape index (κ3) is 4.13. The molecular weight excluding hydrogens is 298 g/mol. The Morgan fingerprint density at radius 1 is 1.21 bits per heavy atom. The third-order valence-corrected chi connectivity index (χ3v) is 4.81. The van der Waals surface area contributed by atoms with Crippen LogP contribution in [0.5, 0.6) is 0 Å². The lowest BCUT2D eigenvalue weighted by molar-refractivity contribution is 0.281. The molecule has 2 heterocycles. The lowest BCUT2D eigenvalue weighted by Gasteiger charge is -2.35. The fraction of sp³-hybridized carbons (Fsp3) is 0.450. The van der Waals surface area contributed by atoms with Crippen LogP contribution in [-0.2, 0) is 6.61 Å². The topological polar surface area (TPSA) is 48.4 Å². The smallest absolute Gasteiger partial charge is 0.128 e. The number of hydrogen-bond acceptors (Lipinski definition) is 4. The molecule has 4 nitrogen and oxygen atoms in total. The van der Waals surface area contributed by atoms with E-state index in [2.05, 4.69) is 46.4 Å². The van der Waals surface area contributed by atoms with Crippen molar-refractivity contribution in [3.05, 3.63) is 59.3 Å². The Morgan fingerprint density at radius 2 is 1.96 bits per heavy atom. The highest BCUT2D eigenvalue weighted by molar-refractivity contribution is 5.39. The first-order valence-corrected chi connectivity index (χ1v) is 8.80. The first-order valence-electron chi connectivity index (χ1n) is 8.80. The minimum Gasteiger partial charge on any atom is -0.392 e. The van der Waals surface area contributed by atoms with E-state index in [9.17, 15) is 5.11 Å². The van der Waals surface area contributed by atoms with Gasteiger partial charge >= 0.3 is 0 Å². The van der Waals surface area contributed by atoms with Gasteiger partial charge in [0.25, 0.3) is 0 Å². The molecule has 0 saturated carbocycles. The van der Waals surface area contributed by atoms with Gasteiger partial charge in [-0.25, -0.2) is 4.98 Å². The molecule has 1 fully saturated rings. The number of aliphatic hydroxyl groups is 1. The van der Waals surface area contributed by atoms with Gasteiger partial charge in [0.2, 0.25) is 0 Å². The van der Waals surface area contributed by atoms with Gasteiger partial charge in [0.15, 0.2) is 0 Å². The molecule has 1 unspecified atom stereocenters. The molecule has 1 aromatic heterocycles. The van der Waals surface area contributed by atoms with Gasteiger partial charge in [-0.15, -0.1) is 0 Å². The van der Waals surface area contributed by atoms with E-state index in [1.54, 1.807) is 0 Å². The molecular formula is C20H27N3O. The molecule has 1 atom stereocenters. The number of piperidine rings is 1. The van der Waals surface area contributed by atoms with Gasteiger partial charge in [0.05, 0.1) is 6.61 Å². The van der Waals surface area contributed by atoms with Crippen LogP contribution in [0.15, 0.2) is 42.5 Å². The zero-order valence-corrected chi connectivity index (χ0v) is 14.6. The molecule has 1 aliphatic heterocycles. The Kier molecular flexibility index (Phi) is 5.48. The van der Waals surface area contributed by atoms with Crippen LogP contribution in [0.25, 0.3) is 0 Å². The van der Waals surface area contributed by atoms with Gasteiger partial charge in [-0.05, 0) is 49.9 Å². The van der Waals surface area contributed by atoms with E-state index in [0.29, 0.717) is 12.1 Å². The summed E-state index contributed by atoms with van der Waals surface area (Å²) < 4.78 is 0. The predicted octanol–water partition coefficient (Wildman–Crippen LogP) is 3.20. The van der Waals surface area contributed by atoms with E-state index < -0.39 is 0 Å². The van der Waals surface area contributed by atoms with Gasteiger partial charge in [-0.3, -0.25) is 0 Å². The Hall–Kier alpha value is -1.91. The number of aryl methyl sites for hydroxylation is 1. The maximum Gasteiger partial charge on any atom is 0.128 e. The predicted molar refractivity (Wildman–Crippen MR) is 98.1 cm³/mol. The summed E-state index contributed by atoms with van der Waals surface area (Å²) in [5, 5.41) is 13.0. The van der Waals surface area contributed by atoms with Crippen LogP contribution in [-0.4, -0.2) is 29.2 Å². The van der Waals surface area contributed by atoms with Crippen molar-refractivity contribution in [2.75, 3.05) is 18.0 Å². The highest BCUT2D eigenvalue weighted by atomic mass is 16.3. The third-order valence-electron chi connectivity index (χ3n) is 4.81. The van der Waals surface area contributed by atoms with Crippen molar-refractivity contribution >= 4 is 5.82 Å². The fourth-order valence-corrected chi connectivity index (χ4v) is 3.39. The summed E-state index contributed by atoms with van der Waals surface area (Å²) in [6.45, 7) is 6.42. The maximum atomic E-state index is 9.29. The van der Waals surface area contributed by atoms with Crippen LogP contribution in [0.3, 0.4) is 0 Å². The van der Waals surface area contributed by atoms with Crippen molar-refractivity contribution in [3.8, 4) is 0 Å². The molecule has 1 aromatic carbocycles. The number of pyridine rings is 1. The standard InChI is InChI=1S/C20H27N3O/c1-15-5-3-8-20(21-15)23-11-9-19(10-12-23)22-16(2)18-7-4-6-17(13-18)14-24/h3-8,13,16,19,22,24H,9-12,14H2,1-2H3. The monoisotopic (exact) mass is 325 g/mol. The van der Waals surface area contributed by atoms with Crippen LogP contribution >= 0.6 is 0 Å². The molecule has 0 aliphatic carbocycles. The van der Waals surface area contributed by atoms with Crippen molar-refractivity contribution in [2.45, 2.75) is 45.4 Å². The summed E-state index contributed by atoms with van der Waals surface area (Å²) in [6, 6.07) is 15.2. The van der Waals surface area contributed by atoms with Crippen LogP contribution < -0.4 is 10.2 Å². The molecule has 2 N–H and O–H groups in total. The molecule has 128 valence electrons. The number of nitrogens with zero attached hydrogens (tertiary/aromatic N) is 2.